The number of hydrogen-bond donors (Lipinski definition) is 2. The van der Waals surface area contributed by atoms with Gasteiger partial charge in [-0.2, -0.15) is 0 Å². The van der Waals surface area contributed by atoms with Gasteiger partial charge in [0.2, 0.25) is 5.91 Å². The molecule has 0 radical (unpaired) electrons. The van der Waals surface area contributed by atoms with Crippen molar-refractivity contribution in [1.82, 2.24) is 10.6 Å². The minimum Gasteiger partial charge on any atom is -0.469 e. The summed E-state index contributed by atoms with van der Waals surface area (Å²) in [4.78, 5) is 39.4. The molecule has 5 fully saturated rings. The van der Waals surface area contributed by atoms with Gasteiger partial charge in [0.1, 0.15) is 5.60 Å². The van der Waals surface area contributed by atoms with Crippen LogP contribution in [-0.4, -0.2) is 42.8 Å². The normalized spacial score (nSPS) is 36.5. The van der Waals surface area contributed by atoms with E-state index in [1.54, 1.807) is 0 Å². The summed E-state index contributed by atoms with van der Waals surface area (Å²) in [7, 11) is 1.48. The average Bonchev–Trinajstić information content (AvgIpc) is 2.83. The molecule has 0 spiro atoms. The number of hydrogen-bond acceptors (Lipinski definition) is 5. The molecule has 2 amide bonds. The Kier molecular flexibility index (Phi) is 6.56. The molecular weight excluding hydrogens is 468 g/mol. The van der Waals surface area contributed by atoms with Gasteiger partial charge in [-0.15, -0.1) is 0 Å². The van der Waals surface area contributed by atoms with Crippen LogP contribution in [0.3, 0.4) is 0 Å². The topological polar surface area (TPSA) is 93.7 Å². The van der Waals surface area contributed by atoms with Gasteiger partial charge < -0.3 is 20.1 Å². The van der Waals surface area contributed by atoms with Crippen LogP contribution in [0.4, 0.5) is 4.79 Å². The highest BCUT2D eigenvalue weighted by molar-refractivity contribution is 5.87. The molecule has 0 aromatic heterocycles. The highest BCUT2D eigenvalue weighted by Crippen LogP contribution is 2.70. The second kappa shape index (κ2) is 9.32. The number of esters is 1. The zero-order valence-corrected chi connectivity index (χ0v) is 22.7. The molecule has 7 heteroatoms. The second-order valence-electron chi connectivity index (χ2n) is 13.4. The van der Waals surface area contributed by atoms with Gasteiger partial charge in [-0.3, -0.25) is 9.59 Å². The maximum atomic E-state index is 14.1. The van der Waals surface area contributed by atoms with Crippen LogP contribution in [0.15, 0.2) is 30.3 Å². The van der Waals surface area contributed by atoms with E-state index < -0.39 is 16.4 Å². The number of alkyl carbamates (subject to hydrolysis) is 1. The quantitative estimate of drug-likeness (QED) is 0.543. The Bertz CT molecular complexity index is 1040. The van der Waals surface area contributed by atoms with Crippen molar-refractivity contribution in [2.24, 2.45) is 16.7 Å². The van der Waals surface area contributed by atoms with Crippen LogP contribution in [0.25, 0.3) is 0 Å². The molecule has 5 aliphatic rings. The third-order valence-corrected chi connectivity index (χ3v) is 9.34. The van der Waals surface area contributed by atoms with E-state index in [1.807, 2.05) is 26.8 Å². The summed E-state index contributed by atoms with van der Waals surface area (Å²) in [6.07, 6.45) is 7.71. The van der Waals surface area contributed by atoms with Crippen molar-refractivity contribution in [2.45, 2.75) is 108 Å². The first-order valence-electron chi connectivity index (χ1n) is 13.9. The molecule has 0 saturated heterocycles. The zero-order chi connectivity index (χ0) is 26.5. The standard InChI is InChI=1S/C30H42N2O5/c1-27(2,3)37-26(35)32-23-12-10-22(11-13-23)31-24(33)29-15-20-14-28(17-29,21-8-6-5-7-9-21)18-30(16-20,19-29)25(34)36-4/h5-9,20,22-23H,10-19H2,1-4H3,(H,31,33)(H,32,35). The molecule has 5 saturated carbocycles. The van der Waals surface area contributed by atoms with E-state index in [1.165, 1.54) is 12.7 Å². The van der Waals surface area contributed by atoms with E-state index in [-0.39, 0.29) is 35.5 Å². The third-order valence-electron chi connectivity index (χ3n) is 9.34. The highest BCUT2D eigenvalue weighted by atomic mass is 16.6. The predicted octanol–water partition coefficient (Wildman–Crippen LogP) is 5.02. The molecular formula is C30H42N2O5. The predicted molar refractivity (Wildman–Crippen MR) is 140 cm³/mol. The van der Waals surface area contributed by atoms with Crippen molar-refractivity contribution >= 4 is 18.0 Å². The van der Waals surface area contributed by atoms with Crippen LogP contribution in [-0.2, 0) is 24.5 Å². The van der Waals surface area contributed by atoms with Crippen molar-refractivity contribution in [3.05, 3.63) is 35.9 Å². The molecule has 7 nitrogen and oxygen atoms in total. The van der Waals surface area contributed by atoms with Crippen LogP contribution in [0.2, 0.25) is 0 Å². The van der Waals surface area contributed by atoms with Gasteiger partial charge >= 0.3 is 12.1 Å². The number of carbonyl (C=O) groups is 3. The maximum absolute atomic E-state index is 14.1. The largest absolute Gasteiger partial charge is 0.469 e. The SMILES string of the molecule is COC(=O)C12CC3CC(C(=O)NC4CCC(NC(=O)OC(C)(C)C)CC4)(C1)CC(c1ccccc1)(C3)C2. The lowest BCUT2D eigenvalue weighted by molar-refractivity contribution is -0.186. The van der Waals surface area contributed by atoms with E-state index >= 15 is 0 Å². The fourth-order valence-electron chi connectivity index (χ4n) is 8.44. The summed E-state index contributed by atoms with van der Waals surface area (Å²) in [5.74, 6) is 0.298. The fourth-order valence-corrected chi connectivity index (χ4v) is 8.44. The Labute approximate surface area is 220 Å². The number of carbonyl (C=O) groups excluding carboxylic acids is 3. The van der Waals surface area contributed by atoms with E-state index in [2.05, 4.69) is 34.9 Å². The summed E-state index contributed by atoms with van der Waals surface area (Å²) < 4.78 is 10.7. The molecule has 1 aromatic rings. The first-order chi connectivity index (χ1) is 17.5. The molecule has 6 rings (SSSR count). The lowest BCUT2D eigenvalue weighted by Gasteiger charge is -2.65. The summed E-state index contributed by atoms with van der Waals surface area (Å²) in [6.45, 7) is 5.57. The van der Waals surface area contributed by atoms with Crippen molar-refractivity contribution in [2.75, 3.05) is 7.11 Å². The number of methoxy groups -OCH3 is 1. The van der Waals surface area contributed by atoms with E-state index in [9.17, 15) is 14.4 Å². The molecule has 0 heterocycles. The first kappa shape index (κ1) is 26.1. The van der Waals surface area contributed by atoms with Gasteiger partial charge in [0.15, 0.2) is 0 Å². The monoisotopic (exact) mass is 510 g/mol. The Morgan fingerprint density at radius 2 is 1.43 bits per heavy atom. The lowest BCUT2D eigenvalue weighted by atomic mass is 9.38. The lowest BCUT2D eigenvalue weighted by Crippen LogP contribution is -2.65. The molecule has 1 aromatic carbocycles. The minimum atomic E-state index is -0.587. The van der Waals surface area contributed by atoms with Gasteiger partial charge in [0.25, 0.3) is 0 Å². The first-order valence-corrected chi connectivity index (χ1v) is 13.9. The number of nitrogens with one attached hydrogen (secondary N) is 2. The minimum absolute atomic E-state index is 0.0616. The van der Waals surface area contributed by atoms with Gasteiger partial charge in [0.05, 0.1) is 17.9 Å². The van der Waals surface area contributed by atoms with Crippen molar-refractivity contribution in [1.29, 1.82) is 0 Å². The van der Waals surface area contributed by atoms with Crippen LogP contribution in [0, 0.1) is 16.7 Å². The van der Waals surface area contributed by atoms with Gasteiger partial charge in [-0.1, -0.05) is 30.3 Å². The Hall–Kier alpha value is -2.57. The summed E-state index contributed by atoms with van der Waals surface area (Å²) in [5, 5.41) is 6.38. The van der Waals surface area contributed by atoms with Crippen molar-refractivity contribution in [3.63, 3.8) is 0 Å². The molecule has 2 N–H and O–H groups in total. The Morgan fingerprint density at radius 3 is 2.05 bits per heavy atom. The summed E-state index contributed by atoms with van der Waals surface area (Å²) in [6, 6.07) is 10.6. The number of rotatable bonds is 5. The molecule has 202 valence electrons. The zero-order valence-electron chi connectivity index (χ0n) is 22.7. The van der Waals surface area contributed by atoms with Gasteiger partial charge in [-0.05, 0) is 102 Å². The molecule has 5 aliphatic carbocycles. The number of benzene rings is 1. The van der Waals surface area contributed by atoms with E-state index in [0.29, 0.717) is 12.3 Å². The summed E-state index contributed by atoms with van der Waals surface area (Å²) in [5.41, 5.74) is -0.573. The Balaban J connectivity index is 1.29. The van der Waals surface area contributed by atoms with E-state index in [4.69, 9.17) is 9.47 Å². The van der Waals surface area contributed by atoms with E-state index in [0.717, 1.165) is 57.8 Å². The second-order valence-corrected chi connectivity index (χ2v) is 13.4. The molecule has 37 heavy (non-hydrogen) atoms. The van der Waals surface area contributed by atoms with Gasteiger partial charge in [-0.25, -0.2) is 4.79 Å². The fraction of sp³-hybridized carbons (Fsp3) is 0.700. The Morgan fingerprint density at radius 1 is 0.838 bits per heavy atom. The van der Waals surface area contributed by atoms with Gasteiger partial charge in [0, 0.05) is 12.1 Å². The van der Waals surface area contributed by atoms with Crippen LogP contribution >= 0.6 is 0 Å². The summed E-state index contributed by atoms with van der Waals surface area (Å²) >= 11 is 0. The van der Waals surface area contributed by atoms with Crippen LogP contribution in [0.1, 0.15) is 90.5 Å². The van der Waals surface area contributed by atoms with Crippen LogP contribution in [0.5, 0.6) is 0 Å². The van der Waals surface area contributed by atoms with Crippen molar-refractivity contribution < 1.29 is 23.9 Å². The third kappa shape index (κ3) is 4.98. The van der Waals surface area contributed by atoms with Crippen molar-refractivity contribution in [3.8, 4) is 0 Å². The number of ether oxygens (including phenoxy) is 2. The smallest absolute Gasteiger partial charge is 0.407 e. The highest BCUT2D eigenvalue weighted by Gasteiger charge is 2.68. The molecule has 4 bridgehead atoms. The molecule has 0 aliphatic heterocycles. The maximum Gasteiger partial charge on any atom is 0.407 e. The molecule has 4 atom stereocenters. The average molecular weight is 511 g/mol. The van der Waals surface area contributed by atoms with Crippen LogP contribution < -0.4 is 10.6 Å². The molecule has 4 unspecified atom stereocenters. The number of amides is 2.